The number of amides is 2. The molecule has 1 saturated heterocycles. The van der Waals surface area contributed by atoms with Gasteiger partial charge in [-0.2, -0.15) is 0 Å². The van der Waals surface area contributed by atoms with Crippen LogP contribution in [0.1, 0.15) is 42.4 Å². The van der Waals surface area contributed by atoms with Crippen LogP contribution in [-0.4, -0.2) is 46.4 Å². The molecule has 8 nitrogen and oxygen atoms in total. The van der Waals surface area contributed by atoms with Gasteiger partial charge in [0.25, 0.3) is 5.91 Å². The first-order chi connectivity index (χ1) is 12.8. The van der Waals surface area contributed by atoms with Crippen molar-refractivity contribution in [2.75, 3.05) is 13.6 Å². The van der Waals surface area contributed by atoms with E-state index in [1.54, 1.807) is 36.0 Å². The molecule has 2 amide bonds. The predicted octanol–water partition coefficient (Wildman–Crippen LogP) is 1.25. The number of halogens is 1. The molecule has 2 heterocycles. The molecule has 2 atom stereocenters. The number of hydrogen-bond acceptors (Lipinski definition) is 5. The van der Waals surface area contributed by atoms with Gasteiger partial charge in [0, 0.05) is 24.2 Å². The molecule has 2 unspecified atom stereocenters. The summed E-state index contributed by atoms with van der Waals surface area (Å²) >= 11 is 5.96. The third kappa shape index (κ3) is 4.28. The Bertz CT molecular complexity index is 850. The number of hydrogen-bond donors (Lipinski definition) is 3. The molecule has 1 aromatic carbocycles. The zero-order valence-electron chi connectivity index (χ0n) is 15.5. The Labute approximate surface area is 162 Å². The number of likely N-dealkylation sites (N-methyl/N-ethyl adjacent to an activating group) is 1. The smallest absolute Gasteiger partial charge is 0.252 e. The number of nitrogens with zero attached hydrogens (tertiary/aromatic N) is 3. The molecule has 144 valence electrons. The lowest BCUT2D eigenvalue weighted by Gasteiger charge is -2.23. The monoisotopic (exact) mass is 390 g/mol. The van der Waals surface area contributed by atoms with Gasteiger partial charge in [-0.25, -0.2) is 4.68 Å². The third-order valence-corrected chi connectivity index (χ3v) is 4.94. The molecular weight excluding hydrogens is 368 g/mol. The van der Waals surface area contributed by atoms with E-state index in [9.17, 15) is 9.59 Å². The minimum absolute atomic E-state index is 0.0352. The number of nitrogens with one attached hydrogen (secondary N) is 3. The van der Waals surface area contributed by atoms with Crippen molar-refractivity contribution in [3.8, 4) is 0 Å². The quantitative estimate of drug-likeness (QED) is 0.713. The van der Waals surface area contributed by atoms with Gasteiger partial charge in [0.15, 0.2) is 0 Å². The summed E-state index contributed by atoms with van der Waals surface area (Å²) in [5.74, 6) is -0.272. The second-order valence-electron chi connectivity index (χ2n) is 7.14. The SMILES string of the molecule is CNC(=O)C1CC(n2cc(C(C)(C)NC(=O)c3cccc(Cl)c3)nn2)CN1. The van der Waals surface area contributed by atoms with Crippen molar-refractivity contribution in [1.82, 2.24) is 30.9 Å². The van der Waals surface area contributed by atoms with Crippen LogP contribution in [0.3, 0.4) is 0 Å². The maximum Gasteiger partial charge on any atom is 0.252 e. The van der Waals surface area contributed by atoms with Gasteiger partial charge < -0.3 is 16.0 Å². The summed E-state index contributed by atoms with van der Waals surface area (Å²) in [6.07, 6.45) is 2.45. The van der Waals surface area contributed by atoms with Crippen LogP contribution in [-0.2, 0) is 10.3 Å². The lowest BCUT2D eigenvalue weighted by Crippen LogP contribution is -2.41. The summed E-state index contributed by atoms with van der Waals surface area (Å²) in [5, 5.41) is 17.7. The van der Waals surface area contributed by atoms with E-state index < -0.39 is 5.54 Å². The molecule has 1 aromatic heterocycles. The third-order valence-electron chi connectivity index (χ3n) is 4.71. The summed E-state index contributed by atoms with van der Waals surface area (Å²) in [6.45, 7) is 4.37. The van der Waals surface area contributed by atoms with Gasteiger partial charge in [-0.3, -0.25) is 9.59 Å². The number of rotatable bonds is 5. The van der Waals surface area contributed by atoms with E-state index in [2.05, 4.69) is 26.3 Å². The zero-order valence-corrected chi connectivity index (χ0v) is 16.2. The Balaban J connectivity index is 1.69. The summed E-state index contributed by atoms with van der Waals surface area (Å²) in [4.78, 5) is 24.3. The van der Waals surface area contributed by atoms with Gasteiger partial charge in [-0.15, -0.1) is 5.10 Å². The maximum absolute atomic E-state index is 12.5. The van der Waals surface area contributed by atoms with Crippen LogP contribution in [0, 0.1) is 0 Å². The molecule has 3 rings (SSSR count). The lowest BCUT2D eigenvalue weighted by molar-refractivity contribution is -0.122. The van der Waals surface area contributed by atoms with Crippen LogP contribution in [0.2, 0.25) is 5.02 Å². The largest absolute Gasteiger partial charge is 0.358 e. The highest BCUT2D eigenvalue weighted by atomic mass is 35.5. The summed E-state index contributed by atoms with van der Waals surface area (Å²) in [7, 11) is 1.62. The number of carbonyl (C=O) groups is 2. The average Bonchev–Trinajstić information content (AvgIpc) is 3.30. The molecule has 2 aromatic rings. The molecule has 0 radical (unpaired) electrons. The van der Waals surface area contributed by atoms with Crippen molar-refractivity contribution in [3.05, 3.63) is 46.7 Å². The van der Waals surface area contributed by atoms with Crippen LogP contribution < -0.4 is 16.0 Å². The van der Waals surface area contributed by atoms with Crippen LogP contribution in [0.4, 0.5) is 0 Å². The second kappa shape index (κ2) is 7.66. The van der Waals surface area contributed by atoms with Gasteiger partial charge in [0.1, 0.15) is 5.69 Å². The summed E-state index contributed by atoms with van der Waals surface area (Å²) in [6, 6.07) is 6.58. The highest BCUT2D eigenvalue weighted by molar-refractivity contribution is 6.30. The van der Waals surface area contributed by atoms with Crippen molar-refractivity contribution < 1.29 is 9.59 Å². The van der Waals surface area contributed by atoms with E-state index in [0.717, 1.165) is 0 Å². The summed E-state index contributed by atoms with van der Waals surface area (Å²) < 4.78 is 1.75. The molecule has 27 heavy (non-hydrogen) atoms. The minimum atomic E-state index is -0.718. The molecule has 1 fully saturated rings. The van der Waals surface area contributed by atoms with Crippen molar-refractivity contribution in [3.63, 3.8) is 0 Å². The van der Waals surface area contributed by atoms with Crippen molar-refractivity contribution in [1.29, 1.82) is 0 Å². The van der Waals surface area contributed by atoms with Gasteiger partial charge in [0.2, 0.25) is 5.91 Å². The highest BCUT2D eigenvalue weighted by Crippen LogP contribution is 2.23. The molecule has 3 N–H and O–H groups in total. The first kappa shape index (κ1) is 19.3. The standard InChI is InChI=1S/C18H23ClN6O2/c1-18(2,22-16(26)11-5-4-6-12(19)7-11)15-10-25(24-23-15)13-8-14(21-9-13)17(27)20-3/h4-7,10,13-14,21H,8-9H2,1-3H3,(H,20,27)(H,22,26). The normalized spacial score (nSPS) is 19.7. The van der Waals surface area contributed by atoms with Gasteiger partial charge in [0.05, 0.1) is 23.8 Å². The average molecular weight is 391 g/mol. The predicted molar refractivity (Wildman–Crippen MR) is 101 cm³/mol. The van der Waals surface area contributed by atoms with E-state index in [1.165, 1.54) is 0 Å². The van der Waals surface area contributed by atoms with E-state index in [0.29, 0.717) is 29.2 Å². The van der Waals surface area contributed by atoms with E-state index in [-0.39, 0.29) is 23.9 Å². The first-order valence-corrected chi connectivity index (χ1v) is 9.13. The number of benzene rings is 1. The zero-order chi connectivity index (χ0) is 19.6. The van der Waals surface area contributed by atoms with Gasteiger partial charge in [-0.05, 0) is 38.5 Å². The first-order valence-electron chi connectivity index (χ1n) is 8.75. The van der Waals surface area contributed by atoms with Crippen molar-refractivity contribution in [2.24, 2.45) is 0 Å². The molecule has 0 bridgehead atoms. The highest BCUT2D eigenvalue weighted by Gasteiger charge is 2.32. The molecule has 1 aliphatic heterocycles. The molecular formula is C18H23ClN6O2. The Morgan fingerprint density at radius 1 is 1.37 bits per heavy atom. The number of aromatic nitrogens is 3. The van der Waals surface area contributed by atoms with Crippen LogP contribution >= 0.6 is 11.6 Å². The maximum atomic E-state index is 12.5. The molecule has 0 spiro atoms. The Hall–Kier alpha value is -2.45. The van der Waals surface area contributed by atoms with E-state index in [4.69, 9.17) is 11.6 Å². The van der Waals surface area contributed by atoms with Crippen LogP contribution in [0.15, 0.2) is 30.5 Å². The summed E-state index contributed by atoms with van der Waals surface area (Å²) in [5.41, 5.74) is 0.404. The Kier molecular flexibility index (Phi) is 5.48. The van der Waals surface area contributed by atoms with Crippen molar-refractivity contribution >= 4 is 23.4 Å². The Morgan fingerprint density at radius 3 is 2.85 bits per heavy atom. The lowest BCUT2D eigenvalue weighted by atomic mass is 10.0. The fraction of sp³-hybridized carbons (Fsp3) is 0.444. The van der Waals surface area contributed by atoms with Gasteiger partial charge >= 0.3 is 0 Å². The van der Waals surface area contributed by atoms with E-state index >= 15 is 0 Å². The molecule has 0 saturated carbocycles. The topological polar surface area (TPSA) is 101 Å². The molecule has 0 aliphatic carbocycles. The van der Waals surface area contributed by atoms with Crippen LogP contribution in [0.25, 0.3) is 0 Å². The Morgan fingerprint density at radius 2 is 2.15 bits per heavy atom. The van der Waals surface area contributed by atoms with E-state index in [1.807, 2.05) is 20.0 Å². The van der Waals surface area contributed by atoms with Gasteiger partial charge in [-0.1, -0.05) is 22.9 Å². The molecule has 1 aliphatic rings. The second-order valence-corrected chi connectivity index (χ2v) is 7.57. The number of carbonyl (C=O) groups excluding carboxylic acids is 2. The fourth-order valence-corrected chi connectivity index (χ4v) is 3.27. The molecule has 9 heteroatoms. The minimum Gasteiger partial charge on any atom is -0.358 e. The fourth-order valence-electron chi connectivity index (χ4n) is 3.08. The van der Waals surface area contributed by atoms with Crippen LogP contribution in [0.5, 0.6) is 0 Å². The van der Waals surface area contributed by atoms with Crippen molar-refractivity contribution in [2.45, 2.75) is 37.9 Å².